The van der Waals surface area contributed by atoms with E-state index in [1.807, 2.05) is 6.07 Å². The van der Waals surface area contributed by atoms with Gasteiger partial charge in [-0.15, -0.1) is 0 Å². The maximum absolute atomic E-state index is 12.6. The summed E-state index contributed by atoms with van der Waals surface area (Å²) in [7, 11) is -3.72. The van der Waals surface area contributed by atoms with Crippen molar-refractivity contribution in [1.82, 2.24) is 9.62 Å². The number of nitrogens with one attached hydrogen (secondary N) is 1. The maximum atomic E-state index is 12.6. The van der Waals surface area contributed by atoms with E-state index in [-0.39, 0.29) is 16.4 Å². The Labute approximate surface area is 166 Å². The highest BCUT2D eigenvalue weighted by Gasteiger charge is 2.30. The minimum atomic E-state index is -3.72. The Morgan fingerprint density at radius 3 is 2.39 bits per heavy atom. The first-order valence-corrected chi connectivity index (χ1v) is 10.4. The summed E-state index contributed by atoms with van der Waals surface area (Å²) in [6.45, 7) is 8.65. The molecule has 0 fully saturated rings. The van der Waals surface area contributed by atoms with Crippen LogP contribution in [-0.4, -0.2) is 49.8 Å². The van der Waals surface area contributed by atoms with Crippen LogP contribution in [0.4, 0.5) is 0 Å². The second kappa shape index (κ2) is 9.66. The molecule has 0 radical (unpaired) electrons. The van der Waals surface area contributed by atoms with Gasteiger partial charge in [-0.05, 0) is 31.0 Å². The number of carbonyl (C=O) groups excluding carboxylic acids is 2. The van der Waals surface area contributed by atoms with Crippen LogP contribution in [0.1, 0.15) is 45.0 Å². The van der Waals surface area contributed by atoms with Crippen LogP contribution in [-0.2, 0) is 19.6 Å². The predicted octanol–water partition coefficient (Wildman–Crippen LogP) is 1.93. The molecule has 9 heteroatoms. The number of nitrogens with zero attached hydrogens (tertiary/aromatic N) is 2. The van der Waals surface area contributed by atoms with Crippen molar-refractivity contribution in [2.45, 2.75) is 45.1 Å². The van der Waals surface area contributed by atoms with E-state index < -0.39 is 34.0 Å². The second-order valence-corrected chi connectivity index (χ2v) is 8.65. The van der Waals surface area contributed by atoms with Gasteiger partial charge in [0.15, 0.2) is 6.61 Å². The van der Waals surface area contributed by atoms with Gasteiger partial charge in [0.05, 0.1) is 16.5 Å². The van der Waals surface area contributed by atoms with E-state index in [1.165, 1.54) is 28.6 Å². The van der Waals surface area contributed by atoms with Crippen LogP contribution in [0.25, 0.3) is 0 Å². The van der Waals surface area contributed by atoms with Crippen molar-refractivity contribution in [2.24, 2.45) is 5.92 Å². The third kappa shape index (κ3) is 5.53. The van der Waals surface area contributed by atoms with Crippen LogP contribution in [0.2, 0.25) is 0 Å². The first-order valence-electron chi connectivity index (χ1n) is 9.01. The van der Waals surface area contributed by atoms with Gasteiger partial charge in [-0.1, -0.05) is 33.8 Å². The van der Waals surface area contributed by atoms with Gasteiger partial charge in [-0.2, -0.15) is 9.57 Å². The molecule has 0 aliphatic carbocycles. The molecule has 0 spiro atoms. The topological polar surface area (TPSA) is 117 Å². The zero-order chi connectivity index (χ0) is 21.5. The number of nitriles is 1. The minimum absolute atomic E-state index is 0.0212. The van der Waals surface area contributed by atoms with Gasteiger partial charge < -0.3 is 10.1 Å². The van der Waals surface area contributed by atoms with Crippen molar-refractivity contribution in [3.05, 3.63) is 29.8 Å². The molecule has 1 aromatic carbocycles. The fourth-order valence-corrected chi connectivity index (χ4v) is 3.84. The molecule has 0 bridgehead atoms. The van der Waals surface area contributed by atoms with E-state index in [2.05, 4.69) is 5.32 Å². The Kier molecular flexibility index (Phi) is 8.14. The Morgan fingerprint density at radius 1 is 1.29 bits per heavy atom. The molecule has 0 saturated carbocycles. The molecule has 8 nitrogen and oxygen atoms in total. The molecular formula is C19H27N3O5S. The lowest BCUT2D eigenvalue weighted by Gasteiger charge is -2.27. The van der Waals surface area contributed by atoms with Crippen LogP contribution >= 0.6 is 0 Å². The van der Waals surface area contributed by atoms with E-state index in [4.69, 9.17) is 4.74 Å². The molecule has 1 atom stereocenters. The summed E-state index contributed by atoms with van der Waals surface area (Å²) in [5, 5.41) is 11.8. The molecule has 154 valence electrons. The summed E-state index contributed by atoms with van der Waals surface area (Å²) >= 11 is 0. The molecule has 0 aromatic heterocycles. The van der Waals surface area contributed by atoms with Gasteiger partial charge in [0.2, 0.25) is 10.0 Å². The molecular weight excluding hydrogens is 382 g/mol. The van der Waals surface area contributed by atoms with Crippen molar-refractivity contribution < 1.29 is 22.7 Å². The summed E-state index contributed by atoms with van der Waals surface area (Å²) in [6, 6.07) is 7.51. The van der Waals surface area contributed by atoms with Crippen LogP contribution < -0.4 is 5.32 Å². The largest absolute Gasteiger partial charge is 0.452 e. The number of hydrogen-bond acceptors (Lipinski definition) is 6. The van der Waals surface area contributed by atoms with Crippen molar-refractivity contribution in [3.8, 4) is 6.07 Å². The summed E-state index contributed by atoms with van der Waals surface area (Å²) < 4.78 is 31.4. The number of hydrogen-bond donors (Lipinski definition) is 1. The molecule has 1 rings (SSSR count). The highest BCUT2D eigenvalue weighted by Crippen LogP contribution is 2.18. The van der Waals surface area contributed by atoms with E-state index in [0.29, 0.717) is 13.1 Å². The molecule has 0 aliphatic rings. The first-order chi connectivity index (χ1) is 13.0. The van der Waals surface area contributed by atoms with Gasteiger partial charge in [-0.25, -0.2) is 13.2 Å². The molecule has 28 heavy (non-hydrogen) atoms. The van der Waals surface area contributed by atoms with E-state index in [1.54, 1.807) is 34.6 Å². The van der Waals surface area contributed by atoms with Gasteiger partial charge in [0.25, 0.3) is 5.91 Å². The lowest BCUT2D eigenvalue weighted by molar-refractivity contribution is -0.125. The quantitative estimate of drug-likeness (QED) is 0.623. The standard InChI is InChI=1S/C19H27N3O5S/c1-6-22(7-2)28(25,26)16-10-8-9-15(11-16)18(24)27-12-17(23)21-19(5,13-20)14(3)4/h8-11,14H,6-7,12H2,1-5H3,(H,21,23)/t19-/m1/s1. The van der Waals surface area contributed by atoms with E-state index >= 15 is 0 Å². The van der Waals surface area contributed by atoms with Gasteiger partial charge in [0, 0.05) is 13.1 Å². The van der Waals surface area contributed by atoms with Crippen molar-refractivity contribution in [1.29, 1.82) is 5.26 Å². The summed E-state index contributed by atoms with van der Waals surface area (Å²) in [4.78, 5) is 24.2. The highest BCUT2D eigenvalue weighted by atomic mass is 32.2. The molecule has 1 N–H and O–H groups in total. The summed E-state index contributed by atoms with van der Waals surface area (Å²) in [5.74, 6) is -1.58. The number of amides is 1. The Balaban J connectivity index is 2.87. The van der Waals surface area contributed by atoms with E-state index in [9.17, 15) is 23.3 Å². The molecule has 0 aliphatic heterocycles. The summed E-state index contributed by atoms with van der Waals surface area (Å²) in [6.07, 6.45) is 0. The smallest absolute Gasteiger partial charge is 0.338 e. The lowest BCUT2D eigenvalue weighted by Crippen LogP contribution is -2.50. The summed E-state index contributed by atoms with van der Waals surface area (Å²) in [5.41, 5.74) is -1.06. The number of rotatable bonds is 9. The van der Waals surface area contributed by atoms with Crippen LogP contribution in [0, 0.1) is 17.2 Å². The fourth-order valence-electron chi connectivity index (χ4n) is 2.34. The number of ether oxygens (including phenoxy) is 1. The van der Waals surface area contributed by atoms with Crippen LogP contribution in [0.5, 0.6) is 0 Å². The number of sulfonamides is 1. The monoisotopic (exact) mass is 409 g/mol. The third-order valence-electron chi connectivity index (χ3n) is 4.53. The molecule has 0 saturated heterocycles. The van der Waals surface area contributed by atoms with E-state index in [0.717, 1.165) is 0 Å². The normalized spacial score (nSPS) is 13.6. The van der Waals surface area contributed by atoms with Gasteiger partial charge in [0.1, 0.15) is 5.54 Å². The fraction of sp³-hybridized carbons (Fsp3) is 0.526. The maximum Gasteiger partial charge on any atom is 0.338 e. The molecule has 1 aromatic rings. The van der Waals surface area contributed by atoms with Crippen LogP contribution in [0.3, 0.4) is 0 Å². The first kappa shape index (κ1) is 23.6. The Hall–Kier alpha value is -2.44. The number of carbonyl (C=O) groups is 2. The molecule has 0 unspecified atom stereocenters. The lowest BCUT2D eigenvalue weighted by atomic mass is 9.90. The minimum Gasteiger partial charge on any atom is -0.452 e. The average Bonchev–Trinajstić information content (AvgIpc) is 2.66. The van der Waals surface area contributed by atoms with Crippen molar-refractivity contribution in [2.75, 3.05) is 19.7 Å². The molecule has 1 amide bonds. The highest BCUT2D eigenvalue weighted by molar-refractivity contribution is 7.89. The SMILES string of the molecule is CCN(CC)S(=O)(=O)c1cccc(C(=O)OCC(=O)N[C@](C)(C#N)C(C)C)c1. The predicted molar refractivity (Wildman–Crippen MR) is 104 cm³/mol. The zero-order valence-corrected chi connectivity index (χ0v) is 17.7. The Morgan fingerprint density at radius 2 is 1.89 bits per heavy atom. The van der Waals surface area contributed by atoms with Crippen molar-refractivity contribution >= 4 is 21.9 Å². The second-order valence-electron chi connectivity index (χ2n) is 6.71. The van der Waals surface area contributed by atoms with Gasteiger partial charge >= 0.3 is 5.97 Å². The van der Waals surface area contributed by atoms with Crippen LogP contribution in [0.15, 0.2) is 29.2 Å². The van der Waals surface area contributed by atoms with Gasteiger partial charge in [-0.3, -0.25) is 4.79 Å². The molecule has 0 heterocycles. The average molecular weight is 410 g/mol. The zero-order valence-electron chi connectivity index (χ0n) is 16.9. The van der Waals surface area contributed by atoms with Crippen molar-refractivity contribution in [3.63, 3.8) is 0 Å². The number of esters is 1. The third-order valence-corrected chi connectivity index (χ3v) is 6.58. The number of benzene rings is 1. The Bertz CT molecular complexity index is 857.